The molecule has 1 aliphatic carbocycles. The van der Waals surface area contributed by atoms with Gasteiger partial charge in [-0.05, 0) is 61.1 Å². The van der Waals surface area contributed by atoms with Crippen LogP contribution in [0.4, 0.5) is 8.78 Å². The number of alkyl halides is 2. The number of hydrogen-bond donors (Lipinski definition) is 1. The first-order valence-electron chi connectivity index (χ1n) is 11.4. The zero-order valence-electron chi connectivity index (χ0n) is 19.8. The van der Waals surface area contributed by atoms with Crippen LogP contribution in [0.3, 0.4) is 0 Å². The summed E-state index contributed by atoms with van der Waals surface area (Å²) in [6, 6.07) is 5.30. The van der Waals surface area contributed by atoms with E-state index in [0.717, 1.165) is 30.7 Å². The molecule has 1 fully saturated rings. The van der Waals surface area contributed by atoms with E-state index in [-0.39, 0.29) is 22.8 Å². The molecule has 176 valence electrons. The second-order valence-corrected chi connectivity index (χ2v) is 10.3. The lowest BCUT2D eigenvalue weighted by atomic mass is 9.83. The Morgan fingerprint density at radius 3 is 2.56 bits per heavy atom. The van der Waals surface area contributed by atoms with Crippen molar-refractivity contribution in [2.75, 3.05) is 6.54 Å². The van der Waals surface area contributed by atoms with Crippen LogP contribution in [0, 0.1) is 24.2 Å². The maximum Gasteiger partial charge on any atom is 0.387 e. The van der Waals surface area contributed by atoms with Gasteiger partial charge in [0.05, 0.1) is 5.69 Å². The van der Waals surface area contributed by atoms with E-state index in [2.05, 4.69) is 38.0 Å². The summed E-state index contributed by atoms with van der Waals surface area (Å²) < 4.78 is 32.7. The largest absolute Gasteiger partial charge is 0.433 e. The van der Waals surface area contributed by atoms with Crippen molar-refractivity contribution in [1.82, 2.24) is 14.9 Å². The Morgan fingerprint density at radius 2 is 1.94 bits per heavy atom. The zero-order chi connectivity index (χ0) is 23.5. The Hall–Kier alpha value is -2.44. The van der Waals surface area contributed by atoms with E-state index in [4.69, 9.17) is 4.74 Å². The average molecular weight is 448 g/mol. The maximum atomic E-state index is 13.1. The van der Waals surface area contributed by atoms with Crippen molar-refractivity contribution in [1.29, 1.82) is 0 Å². The molecule has 2 aromatic rings. The average Bonchev–Trinajstić information content (AvgIpc) is 3.07. The third-order valence-corrected chi connectivity index (χ3v) is 6.04. The third-order valence-electron chi connectivity index (χ3n) is 6.04. The summed E-state index contributed by atoms with van der Waals surface area (Å²) in [4.78, 5) is 17.1. The van der Waals surface area contributed by atoms with Crippen LogP contribution in [0.1, 0.15) is 75.3 Å². The van der Waals surface area contributed by atoms with Crippen molar-refractivity contribution in [2.24, 2.45) is 17.3 Å². The molecule has 1 aliphatic rings. The number of imidazole rings is 1. The zero-order valence-corrected chi connectivity index (χ0v) is 19.8. The maximum absolute atomic E-state index is 13.1. The van der Waals surface area contributed by atoms with Crippen LogP contribution in [0.2, 0.25) is 0 Å². The van der Waals surface area contributed by atoms with E-state index in [1.54, 1.807) is 29.8 Å². The number of aryl methyl sites for hydroxylation is 1. The van der Waals surface area contributed by atoms with Gasteiger partial charge >= 0.3 is 6.61 Å². The molecule has 0 aliphatic heterocycles. The Morgan fingerprint density at radius 1 is 1.25 bits per heavy atom. The number of aromatic nitrogens is 2. The van der Waals surface area contributed by atoms with E-state index in [0.29, 0.717) is 24.0 Å². The molecule has 0 radical (unpaired) electrons. The van der Waals surface area contributed by atoms with Crippen molar-refractivity contribution in [3.8, 4) is 11.4 Å². The van der Waals surface area contributed by atoms with Gasteiger partial charge in [0.25, 0.3) is 5.91 Å². The summed E-state index contributed by atoms with van der Waals surface area (Å²) in [5.74, 6) is 1.63. The Bertz CT molecular complexity index is 926. The van der Waals surface area contributed by atoms with Crippen molar-refractivity contribution >= 4 is 5.91 Å². The standard InChI is InChI=1S/C25H35F2N3O2/c1-16-6-8-18(9-7-16)14-28-23(31)20-15-30(17(2)29-20)21-11-10-19(13-25(3,4)5)12-22(21)32-24(26)27/h10-12,15-16,18,24H,6-9,13-14H2,1-5H3,(H,28,31). The van der Waals surface area contributed by atoms with Gasteiger partial charge < -0.3 is 10.1 Å². The highest BCUT2D eigenvalue weighted by atomic mass is 19.3. The lowest BCUT2D eigenvalue weighted by Gasteiger charge is -2.26. The molecule has 1 aromatic heterocycles. The Labute approximate surface area is 189 Å². The minimum atomic E-state index is -2.94. The number of carbonyl (C=O) groups is 1. The predicted octanol–water partition coefficient (Wildman–Crippen LogP) is 5.93. The molecular weight excluding hydrogens is 412 g/mol. The number of nitrogens with zero attached hydrogens (tertiary/aromatic N) is 2. The van der Waals surface area contributed by atoms with Gasteiger partial charge in [-0.25, -0.2) is 4.98 Å². The molecule has 3 rings (SSSR count). The number of rotatable bonds is 7. The summed E-state index contributed by atoms with van der Waals surface area (Å²) in [6.07, 6.45) is 6.97. The number of hydrogen-bond acceptors (Lipinski definition) is 3. The number of halogens is 2. The molecule has 32 heavy (non-hydrogen) atoms. The van der Waals surface area contributed by atoms with E-state index < -0.39 is 6.61 Å². The third kappa shape index (κ3) is 6.53. The van der Waals surface area contributed by atoms with E-state index in [1.807, 2.05) is 6.07 Å². The summed E-state index contributed by atoms with van der Waals surface area (Å²) in [5, 5.41) is 2.99. The normalized spacial score (nSPS) is 19.2. The molecule has 5 nitrogen and oxygen atoms in total. The molecule has 0 bridgehead atoms. The van der Waals surface area contributed by atoms with Gasteiger partial charge in [0, 0.05) is 12.7 Å². The molecule has 0 spiro atoms. The van der Waals surface area contributed by atoms with Crippen LogP contribution in [0.5, 0.6) is 5.75 Å². The fraction of sp³-hybridized carbons (Fsp3) is 0.600. The first kappa shape index (κ1) is 24.2. The van der Waals surface area contributed by atoms with E-state index in [9.17, 15) is 13.6 Å². The SMILES string of the molecule is Cc1nc(C(=O)NCC2CCC(C)CC2)cn1-c1ccc(CC(C)(C)C)cc1OC(F)F. The van der Waals surface area contributed by atoms with Gasteiger partial charge in [-0.1, -0.05) is 46.6 Å². The van der Waals surface area contributed by atoms with E-state index in [1.165, 1.54) is 12.8 Å². The van der Waals surface area contributed by atoms with E-state index >= 15 is 0 Å². The highest BCUT2D eigenvalue weighted by Crippen LogP contribution is 2.31. The second kappa shape index (κ2) is 10.0. The highest BCUT2D eigenvalue weighted by molar-refractivity contribution is 5.92. The van der Waals surface area contributed by atoms with Crippen LogP contribution in [0.15, 0.2) is 24.4 Å². The van der Waals surface area contributed by atoms with Gasteiger partial charge in [0.2, 0.25) is 0 Å². The quantitative estimate of drug-likeness (QED) is 0.573. The Balaban J connectivity index is 1.78. The van der Waals surface area contributed by atoms with Gasteiger partial charge in [-0.2, -0.15) is 8.78 Å². The van der Waals surface area contributed by atoms with Crippen molar-refractivity contribution in [3.05, 3.63) is 41.5 Å². The Kier molecular flexibility index (Phi) is 7.57. The number of benzene rings is 1. The van der Waals surface area contributed by atoms with Gasteiger partial charge in [-0.3, -0.25) is 9.36 Å². The van der Waals surface area contributed by atoms with Crippen molar-refractivity contribution < 1.29 is 18.3 Å². The number of amides is 1. The van der Waals surface area contributed by atoms with Crippen LogP contribution in [0.25, 0.3) is 5.69 Å². The monoisotopic (exact) mass is 447 g/mol. The van der Waals surface area contributed by atoms with Gasteiger partial charge in [0.1, 0.15) is 17.3 Å². The molecule has 1 saturated carbocycles. The van der Waals surface area contributed by atoms with Crippen molar-refractivity contribution in [3.63, 3.8) is 0 Å². The van der Waals surface area contributed by atoms with Gasteiger partial charge in [0.15, 0.2) is 0 Å². The first-order valence-corrected chi connectivity index (χ1v) is 11.4. The lowest BCUT2D eigenvalue weighted by molar-refractivity contribution is -0.0499. The topological polar surface area (TPSA) is 56.2 Å². The smallest absolute Gasteiger partial charge is 0.387 e. The highest BCUT2D eigenvalue weighted by Gasteiger charge is 2.22. The molecule has 7 heteroatoms. The predicted molar refractivity (Wildman–Crippen MR) is 122 cm³/mol. The summed E-state index contributed by atoms with van der Waals surface area (Å²) in [7, 11) is 0. The van der Waals surface area contributed by atoms with Crippen LogP contribution in [-0.2, 0) is 6.42 Å². The number of carbonyl (C=O) groups excluding carboxylic acids is 1. The molecule has 0 atom stereocenters. The lowest BCUT2D eigenvalue weighted by Crippen LogP contribution is -2.31. The van der Waals surface area contributed by atoms with Crippen molar-refractivity contribution in [2.45, 2.75) is 73.3 Å². The van der Waals surface area contributed by atoms with Crippen LogP contribution >= 0.6 is 0 Å². The molecule has 0 saturated heterocycles. The first-order chi connectivity index (χ1) is 15.0. The summed E-state index contributed by atoms with van der Waals surface area (Å²) in [5.41, 5.74) is 1.63. The number of ether oxygens (including phenoxy) is 1. The molecule has 1 N–H and O–H groups in total. The summed E-state index contributed by atoms with van der Waals surface area (Å²) in [6.45, 7) is 7.98. The molecule has 1 heterocycles. The number of nitrogens with one attached hydrogen (secondary N) is 1. The van der Waals surface area contributed by atoms with Crippen LogP contribution in [-0.4, -0.2) is 28.6 Å². The fourth-order valence-corrected chi connectivity index (χ4v) is 4.36. The second-order valence-electron chi connectivity index (χ2n) is 10.3. The molecular formula is C25H35F2N3O2. The fourth-order valence-electron chi connectivity index (χ4n) is 4.36. The molecule has 1 amide bonds. The molecule has 0 unspecified atom stereocenters. The minimum Gasteiger partial charge on any atom is -0.433 e. The minimum absolute atomic E-state index is 0.0101. The molecule has 1 aromatic carbocycles. The van der Waals surface area contributed by atoms with Gasteiger partial charge in [-0.15, -0.1) is 0 Å². The summed E-state index contributed by atoms with van der Waals surface area (Å²) >= 11 is 0. The van der Waals surface area contributed by atoms with Crippen LogP contribution < -0.4 is 10.1 Å².